The highest BCUT2D eigenvalue weighted by molar-refractivity contribution is 5.78. The zero-order valence-electron chi connectivity index (χ0n) is 12.6. The molecule has 5 heteroatoms. The molecule has 1 aromatic rings. The van der Waals surface area contributed by atoms with Crippen LogP contribution in [0.3, 0.4) is 0 Å². The Balaban J connectivity index is 1.82. The normalized spacial score (nSPS) is 18.2. The Bertz CT molecular complexity index is 453. The monoisotopic (exact) mass is 293 g/mol. The summed E-state index contributed by atoms with van der Waals surface area (Å²) >= 11 is 0. The second kappa shape index (κ2) is 7.86. The summed E-state index contributed by atoms with van der Waals surface area (Å²) in [5, 5.41) is 0. The van der Waals surface area contributed by atoms with Crippen LogP contribution in [-0.4, -0.2) is 36.6 Å². The van der Waals surface area contributed by atoms with Gasteiger partial charge in [-0.05, 0) is 44.0 Å². The fourth-order valence-corrected chi connectivity index (χ4v) is 2.40. The van der Waals surface area contributed by atoms with Gasteiger partial charge >= 0.3 is 0 Å². The van der Waals surface area contributed by atoms with Crippen LogP contribution in [0.15, 0.2) is 29.3 Å². The maximum Gasteiger partial charge on any atom is 0.191 e. The molecular weight excluding hydrogens is 269 g/mol. The second-order valence-corrected chi connectivity index (χ2v) is 5.48. The highest BCUT2D eigenvalue weighted by atomic mass is 19.1. The van der Waals surface area contributed by atoms with Crippen LogP contribution in [-0.2, 0) is 0 Å². The van der Waals surface area contributed by atoms with E-state index in [1.165, 1.54) is 37.8 Å². The zero-order chi connectivity index (χ0) is 15.1. The lowest BCUT2D eigenvalue weighted by Crippen LogP contribution is -2.38. The Morgan fingerprint density at radius 3 is 2.48 bits per heavy atom. The number of rotatable bonds is 4. The van der Waals surface area contributed by atoms with Gasteiger partial charge in [-0.1, -0.05) is 12.8 Å². The number of aliphatic imine (C=N–C) groups is 1. The number of benzene rings is 1. The first-order chi connectivity index (χ1) is 10.1. The van der Waals surface area contributed by atoms with Crippen molar-refractivity contribution < 1.29 is 9.13 Å². The van der Waals surface area contributed by atoms with E-state index in [0.717, 1.165) is 13.1 Å². The molecule has 0 spiro atoms. The lowest BCUT2D eigenvalue weighted by molar-refractivity contribution is 0.229. The van der Waals surface area contributed by atoms with E-state index in [9.17, 15) is 4.39 Å². The second-order valence-electron chi connectivity index (χ2n) is 5.48. The van der Waals surface area contributed by atoms with Gasteiger partial charge in [0.2, 0.25) is 0 Å². The molecule has 1 unspecified atom stereocenters. The van der Waals surface area contributed by atoms with E-state index in [1.54, 1.807) is 12.1 Å². The molecule has 1 atom stereocenters. The fraction of sp³-hybridized carbons (Fsp3) is 0.562. The van der Waals surface area contributed by atoms with Crippen LogP contribution >= 0.6 is 0 Å². The minimum absolute atomic E-state index is 0.0963. The summed E-state index contributed by atoms with van der Waals surface area (Å²) in [6.45, 7) is 4.41. The van der Waals surface area contributed by atoms with Crippen molar-refractivity contribution in [1.29, 1.82) is 0 Å². The van der Waals surface area contributed by atoms with Gasteiger partial charge in [0, 0.05) is 13.1 Å². The number of halogens is 1. The first-order valence-corrected chi connectivity index (χ1v) is 7.62. The van der Waals surface area contributed by atoms with E-state index in [-0.39, 0.29) is 11.9 Å². The summed E-state index contributed by atoms with van der Waals surface area (Å²) in [6.07, 6.45) is 4.80. The van der Waals surface area contributed by atoms with E-state index in [1.807, 2.05) is 6.92 Å². The van der Waals surface area contributed by atoms with Crippen molar-refractivity contribution >= 4 is 5.96 Å². The van der Waals surface area contributed by atoms with Crippen molar-refractivity contribution in [3.05, 3.63) is 30.1 Å². The molecule has 0 radical (unpaired) electrons. The van der Waals surface area contributed by atoms with Gasteiger partial charge in [0.05, 0.1) is 6.54 Å². The maximum atomic E-state index is 12.8. The summed E-state index contributed by atoms with van der Waals surface area (Å²) in [7, 11) is 0. The number of likely N-dealkylation sites (tertiary alicyclic amines) is 1. The Hall–Kier alpha value is -1.78. The molecular formula is C16H24FN3O. The van der Waals surface area contributed by atoms with Crippen molar-refractivity contribution in [3.8, 4) is 5.75 Å². The Labute approximate surface area is 125 Å². The number of hydrogen-bond acceptors (Lipinski definition) is 2. The van der Waals surface area contributed by atoms with Gasteiger partial charge in [-0.15, -0.1) is 0 Å². The molecule has 1 fully saturated rings. The average Bonchev–Trinajstić information content (AvgIpc) is 2.76. The average molecular weight is 293 g/mol. The molecule has 1 aliphatic heterocycles. The van der Waals surface area contributed by atoms with Crippen molar-refractivity contribution in [1.82, 2.24) is 4.90 Å². The molecule has 0 aliphatic carbocycles. The van der Waals surface area contributed by atoms with E-state index in [4.69, 9.17) is 10.5 Å². The van der Waals surface area contributed by atoms with E-state index in [0.29, 0.717) is 18.3 Å². The lowest BCUT2D eigenvalue weighted by Gasteiger charge is -2.21. The number of nitrogens with two attached hydrogens (primary N) is 1. The van der Waals surface area contributed by atoms with Crippen LogP contribution in [0, 0.1) is 5.82 Å². The molecule has 2 N–H and O–H groups in total. The molecule has 1 heterocycles. The number of ether oxygens (including phenoxy) is 1. The summed E-state index contributed by atoms with van der Waals surface area (Å²) in [5.74, 6) is 0.984. The quantitative estimate of drug-likeness (QED) is 0.686. The molecule has 21 heavy (non-hydrogen) atoms. The summed E-state index contributed by atoms with van der Waals surface area (Å²) in [6, 6.07) is 6.01. The first kappa shape index (κ1) is 15.6. The van der Waals surface area contributed by atoms with Gasteiger partial charge in [-0.25, -0.2) is 9.38 Å². The highest BCUT2D eigenvalue weighted by Crippen LogP contribution is 2.13. The largest absolute Gasteiger partial charge is 0.489 e. The van der Waals surface area contributed by atoms with Crippen LogP contribution < -0.4 is 10.5 Å². The zero-order valence-corrected chi connectivity index (χ0v) is 12.6. The van der Waals surface area contributed by atoms with Gasteiger partial charge in [0.15, 0.2) is 5.96 Å². The van der Waals surface area contributed by atoms with Crippen LogP contribution in [0.5, 0.6) is 5.75 Å². The van der Waals surface area contributed by atoms with Gasteiger partial charge in [0.25, 0.3) is 0 Å². The fourth-order valence-electron chi connectivity index (χ4n) is 2.40. The summed E-state index contributed by atoms with van der Waals surface area (Å²) < 4.78 is 18.5. The topological polar surface area (TPSA) is 50.8 Å². The predicted octanol–water partition coefficient (Wildman–Crippen LogP) is 2.78. The number of guanidine groups is 1. The Morgan fingerprint density at radius 2 is 1.86 bits per heavy atom. The summed E-state index contributed by atoms with van der Waals surface area (Å²) in [5.41, 5.74) is 6.05. The molecule has 0 aromatic heterocycles. The molecule has 1 aliphatic rings. The van der Waals surface area contributed by atoms with E-state index >= 15 is 0 Å². The van der Waals surface area contributed by atoms with Gasteiger partial charge in [-0.2, -0.15) is 0 Å². The molecule has 1 saturated heterocycles. The van der Waals surface area contributed by atoms with Crippen molar-refractivity contribution in [2.24, 2.45) is 10.7 Å². The maximum absolute atomic E-state index is 12.8. The van der Waals surface area contributed by atoms with E-state index < -0.39 is 0 Å². The standard InChI is InChI=1S/C16H24FN3O/c1-13(21-15-8-6-14(17)7-9-15)12-19-16(18)20-10-4-2-3-5-11-20/h6-9,13H,2-5,10-12H2,1H3,(H2,18,19). The Kier molecular flexibility index (Phi) is 5.84. The highest BCUT2D eigenvalue weighted by Gasteiger charge is 2.11. The SMILES string of the molecule is CC(CN=C(N)N1CCCCCC1)Oc1ccc(F)cc1. The lowest BCUT2D eigenvalue weighted by atomic mass is 10.2. The van der Waals surface area contributed by atoms with Gasteiger partial charge < -0.3 is 15.4 Å². The van der Waals surface area contributed by atoms with Crippen LogP contribution in [0.25, 0.3) is 0 Å². The minimum Gasteiger partial charge on any atom is -0.489 e. The molecule has 116 valence electrons. The first-order valence-electron chi connectivity index (χ1n) is 7.62. The third-order valence-corrected chi connectivity index (χ3v) is 3.59. The van der Waals surface area contributed by atoms with Gasteiger partial charge in [-0.3, -0.25) is 0 Å². The van der Waals surface area contributed by atoms with Crippen molar-refractivity contribution in [3.63, 3.8) is 0 Å². The van der Waals surface area contributed by atoms with Crippen LogP contribution in [0.4, 0.5) is 4.39 Å². The molecule has 0 saturated carbocycles. The molecule has 0 amide bonds. The molecule has 2 rings (SSSR count). The smallest absolute Gasteiger partial charge is 0.191 e. The molecule has 4 nitrogen and oxygen atoms in total. The van der Waals surface area contributed by atoms with Crippen molar-refractivity contribution in [2.45, 2.75) is 38.7 Å². The summed E-state index contributed by atoms with van der Waals surface area (Å²) in [4.78, 5) is 6.57. The third kappa shape index (κ3) is 5.25. The van der Waals surface area contributed by atoms with Crippen molar-refractivity contribution in [2.75, 3.05) is 19.6 Å². The Morgan fingerprint density at radius 1 is 1.24 bits per heavy atom. The van der Waals surface area contributed by atoms with Crippen LogP contribution in [0.1, 0.15) is 32.6 Å². The minimum atomic E-state index is -0.265. The third-order valence-electron chi connectivity index (χ3n) is 3.59. The molecule has 1 aromatic carbocycles. The number of hydrogen-bond donors (Lipinski definition) is 1. The number of nitrogens with zero attached hydrogens (tertiary/aromatic N) is 2. The van der Waals surface area contributed by atoms with Crippen LogP contribution in [0.2, 0.25) is 0 Å². The predicted molar refractivity (Wildman–Crippen MR) is 83.0 cm³/mol. The van der Waals surface area contributed by atoms with E-state index in [2.05, 4.69) is 9.89 Å². The molecule has 0 bridgehead atoms. The van der Waals surface area contributed by atoms with Gasteiger partial charge in [0.1, 0.15) is 17.7 Å².